The number of nitrogens with zero attached hydrogens (tertiary/aromatic N) is 1. The molecule has 22 heavy (non-hydrogen) atoms. The molecule has 0 saturated carbocycles. The van der Waals surface area contributed by atoms with Crippen LogP contribution in [-0.4, -0.2) is 25.0 Å². The van der Waals surface area contributed by atoms with Gasteiger partial charge in [-0.05, 0) is 68.8 Å². The van der Waals surface area contributed by atoms with Crippen molar-refractivity contribution in [2.24, 2.45) is 11.8 Å². The number of carbonyl (C=O) groups is 1. The Morgan fingerprint density at radius 3 is 2.73 bits per heavy atom. The van der Waals surface area contributed by atoms with Crippen LogP contribution in [0.2, 0.25) is 0 Å². The van der Waals surface area contributed by atoms with Crippen molar-refractivity contribution >= 4 is 11.6 Å². The molecule has 1 fully saturated rings. The number of fused-ring (bicyclic) bond motifs is 1. The lowest BCUT2D eigenvalue weighted by atomic mass is 9.90. The predicted molar refractivity (Wildman–Crippen MR) is 91.2 cm³/mol. The van der Waals surface area contributed by atoms with Gasteiger partial charge in [0.15, 0.2) is 0 Å². The van der Waals surface area contributed by atoms with Gasteiger partial charge in [0.1, 0.15) is 0 Å². The highest BCUT2D eigenvalue weighted by atomic mass is 16.2. The predicted octanol–water partition coefficient (Wildman–Crippen LogP) is 3.16. The number of carbonyl (C=O) groups excluding carboxylic acids is 1. The lowest BCUT2D eigenvalue weighted by Gasteiger charge is -2.25. The Balaban J connectivity index is 1.77. The maximum atomic E-state index is 12.4. The standard InChI is InChI=1S/C19H28N2O/c1-13(2)19(22)21-14(3)10-17-12-16(4-5-18(17)21)11-15-6-8-20-9-7-15/h4-5,12-15,20H,6-11H2,1-3H3. The molecule has 0 spiro atoms. The van der Waals surface area contributed by atoms with Crippen molar-refractivity contribution < 1.29 is 4.79 Å². The maximum absolute atomic E-state index is 12.4. The molecular weight excluding hydrogens is 272 g/mol. The summed E-state index contributed by atoms with van der Waals surface area (Å²) in [5.41, 5.74) is 3.94. The van der Waals surface area contributed by atoms with Gasteiger partial charge in [-0.1, -0.05) is 26.0 Å². The SMILES string of the molecule is CC(C)C(=O)N1c2ccc(CC3CCNCC3)cc2CC1C. The second-order valence-electron chi connectivity index (χ2n) is 7.28. The van der Waals surface area contributed by atoms with Crippen molar-refractivity contribution in [3.63, 3.8) is 0 Å². The molecule has 0 aromatic heterocycles. The Morgan fingerprint density at radius 2 is 2.05 bits per heavy atom. The molecule has 1 unspecified atom stereocenters. The monoisotopic (exact) mass is 300 g/mol. The van der Waals surface area contributed by atoms with Crippen LogP contribution in [0, 0.1) is 11.8 Å². The van der Waals surface area contributed by atoms with Crippen LogP contribution in [0.25, 0.3) is 0 Å². The van der Waals surface area contributed by atoms with Gasteiger partial charge in [0, 0.05) is 17.6 Å². The van der Waals surface area contributed by atoms with Crippen molar-refractivity contribution in [3.05, 3.63) is 29.3 Å². The van der Waals surface area contributed by atoms with E-state index in [1.807, 2.05) is 18.7 Å². The van der Waals surface area contributed by atoms with Crippen molar-refractivity contribution in [1.29, 1.82) is 0 Å². The molecule has 1 aromatic carbocycles. The van der Waals surface area contributed by atoms with E-state index in [0.29, 0.717) is 6.04 Å². The number of hydrogen-bond acceptors (Lipinski definition) is 2. The average molecular weight is 300 g/mol. The summed E-state index contributed by atoms with van der Waals surface area (Å²) in [5, 5.41) is 3.43. The molecular formula is C19H28N2O. The van der Waals surface area contributed by atoms with Crippen LogP contribution in [0.3, 0.4) is 0 Å². The fourth-order valence-electron chi connectivity index (χ4n) is 3.84. The Bertz CT molecular complexity index is 546. The molecule has 2 aliphatic heterocycles. The summed E-state index contributed by atoms with van der Waals surface area (Å²) in [6.45, 7) is 8.44. The first kappa shape index (κ1) is 15.5. The molecule has 3 nitrogen and oxygen atoms in total. The molecule has 1 aromatic rings. The number of rotatable bonds is 3. The molecule has 0 aliphatic carbocycles. The summed E-state index contributed by atoms with van der Waals surface area (Å²) >= 11 is 0. The fourth-order valence-corrected chi connectivity index (χ4v) is 3.84. The lowest BCUT2D eigenvalue weighted by molar-refractivity contribution is -0.121. The second kappa shape index (κ2) is 6.41. The van der Waals surface area contributed by atoms with E-state index in [1.165, 1.54) is 30.4 Å². The fraction of sp³-hybridized carbons (Fsp3) is 0.632. The minimum atomic E-state index is 0.0582. The van der Waals surface area contributed by atoms with Gasteiger partial charge in [-0.15, -0.1) is 0 Å². The summed E-state index contributed by atoms with van der Waals surface area (Å²) < 4.78 is 0. The molecule has 120 valence electrons. The van der Waals surface area contributed by atoms with E-state index < -0.39 is 0 Å². The number of amides is 1. The topological polar surface area (TPSA) is 32.3 Å². The third-order valence-electron chi connectivity index (χ3n) is 5.07. The minimum absolute atomic E-state index is 0.0582. The van der Waals surface area contributed by atoms with Crippen LogP contribution in [-0.2, 0) is 17.6 Å². The highest BCUT2D eigenvalue weighted by Crippen LogP contribution is 2.34. The molecule has 3 rings (SSSR count). The van der Waals surface area contributed by atoms with Gasteiger partial charge in [-0.25, -0.2) is 0 Å². The van der Waals surface area contributed by atoms with Gasteiger partial charge in [-0.2, -0.15) is 0 Å². The zero-order valence-electron chi connectivity index (χ0n) is 14.1. The van der Waals surface area contributed by atoms with Crippen molar-refractivity contribution in [3.8, 4) is 0 Å². The number of piperidine rings is 1. The number of benzene rings is 1. The minimum Gasteiger partial charge on any atom is -0.317 e. The molecule has 1 amide bonds. The largest absolute Gasteiger partial charge is 0.317 e. The zero-order valence-corrected chi connectivity index (χ0v) is 14.1. The van der Waals surface area contributed by atoms with Gasteiger partial charge in [0.2, 0.25) is 5.91 Å². The van der Waals surface area contributed by atoms with Crippen molar-refractivity contribution in [2.75, 3.05) is 18.0 Å². The van der Waals surface area contributed by atoms with Gasteiger partial charge >= 0.3 is 0 Å². The third kappa shape index (κ3) is 3.05. The zero-order chi connectivity index (χ0) is 15.7. The smallest absolute Gasteiger partial charge is 0.229 e. The van der Waals surface area contributed by atoms with Gasteiger partial charge in [0.25, 0.3) is 0 Å². The summed E-state index contributed by atoms with van der Waals surface area (Å²) in [5.74, 6) is 1.12. The first-order chi connectivity index (χ1) is 10.6. The first-order valence-corrected chi connectivity index (χ1v) is 8.72. The summed E-state index contributed by atoms with van der Waals surface area (Å²) in [7, 11) is 0. The Morgan fingerprint density at radius 1 is 1.32 bits per heavy atom. The van der Waals surface area contributed by atoms with Crippen LogP contribution in [0.15, 0.2) is 18.2 Å². The van der Waals surface area contributed by atoms with Crippen LogP contribution >= 0.6 is 0 Å². The Hall–Kier alpha value is -1.35. The van der Waals surface area contributed by atoms with E-state index in [9.17, 15) is 4.79 Å². The molecule has 0 radical (unpaired) electrons. The van der Waals surface area contributed by atoms with Gasteiger partial charge in [0.05, 0.1) is 0 Å². The summed E-state index contributed by atoms with van der Waals surface area (Å²) in [4.78, 5) is 14.4. The molecule has 3 heteroatoms. The highest BCUT2D eigenvalue weighted by Gasteiger charge is 2.32. The van der Waals surface area contributed by atoms with Crippen molar-refractivity contribution in [1.82, 2.24) is 5.32 Å². The number of hydrogen-bond donors (Lipinski definition) is 1. The number of anilines is 1. The molecule has 1 atom stereocenters. The quantitative estimate of drug-likeness (QED) is 0.930. The maximum Gasteiger partial charge on any atom is 0.229 e. The summed E-state index contributed by atoms with van der Waals surface area (Å²) in [6.07, 6.45) is 4.74. The molecule has 1 N–H and O–H groups in total. The second-order valence-corrected chi connectivity index (χ2v) is 7.28. The van der Waals surface area contributed by atoms with E-state index >= 15 is 0 Å². The normalized spacial score (nSPS) is 22.2. The van der Waals surface area contributed by atoms with E-state index in [4.69, 9.17) is 0 Å². The Labute approximate surface area is 134 Å². The van der Waals surface area contributed by atoms with Crippen LogP contribution in [0.5, 0.6) is 0 Å². The lowest BCUT2D eigenvalue weighted by Crippen LogP contribution is -2.38. The van der Waals surface area contributed by atoms with Gasteiger partial charge in [-0.3, -0.25) is 4.79 Å². The molecule has 2 heterocycles. The van der Waals surface area contributed by atoms with Crippen molar-refractivity contribution in [2.45, 2.75) is 52.5 Å². The molecule has 2 aliphatic rings. The molecule has 0 bridgehead atoms. The van der Waals surface area contributed by atoms with Crippen LogP contribution in [0.4, 0.5) is 5.69 Å². The van der Waals surface area contributed by atoms with Crippen LogP contribution in [0.1, 0.15) is 44.7 Å². The average Bonchev–Trinajstić information content (AvgIpc) is 2.82. The highest BCUT2D eigenvalue weighted by molar-refractivity contribution is 5.97. The van der Waals surface area contributed by atoms with E-state index in [1.54, 1.807) is 0 Å². The number of nitrogens with one attached hydrogen (secondary N) is 1. The van der Waals surface area contributed by atoms with Crippen LogP contribution < -0.4 is 10.2 Å². The Kier molecular flexibility index (Phi) is 4.53. The van der Waals surface area contributed by atoms with E-state index in [0.717, 1.165) is 31.1 Å². The first-order valence-electron chi connectivity index (χ1n) is 8.72. The van der Waals surface area contributed by atoms with Gasteiger partial charge < -0.3 is 10.2 Å². The third-order valence-corrected chi connectivity index (χ3v) is 5.07. The van der Waals surface area contributed by atoms with E-state index in [-0.39, 0.29) is 11.8 Å². The summed E-state index contributed by atoms with van der Waals surface area (Å²) in [6, 6.07) is 7.05. The molecule has 1 saturated heterocycles. The van der Waals surface area contributed by atoms with E-state index in [2.05, 4.69) is 30.4 Å².